The molecule has 0 aliphatic heterocycles. The molecular formula is C13H17N3O. The van der Waals surface area contributed by atoms with Crippen molar-refractivity contribution in [2.75, 3.05) is 11.9 Å². The number of aromatic amines is 1. The third-order valence-corrected chi connectivity index (χ3v) is 2.70. The predicted octanol–water partition coefficient (Wildman–Crippen LogP) is 2.59. The molecular weight excluding hydrogens is 214 g/mol. The number of carbonyl (C=O) groups excluding carboxylic acids is 1. The number of rotatable bonds is 5. The van der Waals surface area contributed by atoms with E-state index >= 15 is 0 Å². The second-order valence-electron chi connectivity index (χ2n) is 4.40. The zero-order valence-electron chi connectivity index (χ0n) is 10.2. The molecule has 0 saturated heterocycles. The summed E-state index contributed by atoms with van der Waals surface area (Å²) in [5.74, 6) is 1.10. The van der Waals surface area contributed by atoms with Crippen molar-refractivity contribution in [2.45, 2.75) is 20.3 Å². The highest BCUT2D eigenvalue weighted by molar-refractivity contribution is 5.81. The Morgan fingerprint density at radius 3 is 2.88 bits per heavy atom. The molecule has 4 nitrogen and oxygen atoms in total. The number of Topliss-reactive ketones (excluding diaryl/α,β-unsaturated/α-hetero) is 1. The van der Waals surface area contributed by atoms with Crippen molar-refractivity contribution in [3.8, 4) is 0 Å². The molecule has 0 spiro atoms. The molecule has 1 aromatic heterocycles. The lowest BCUT2D eigenvalue weighted by Crippen LogP contribution is -2.13. The van der Waals surface area contributed by atoms with Crippen LogP contribution in [0.15, 0.2) is 24.3 Å². The average molecular weight is 231 g/mol. The number of aromatic nitrogens is 2. The summed E-state index contributed by atoms with van der Waals surface area (Å²) in [4.78, 5) is 19.0. The molecule has 0 radical (unpaired) electrons. The van der Waals surface area contributed by atoms with Gasteiger partial charge in [0.1, 0.15) is 5.78 Å². The molecule has 0 saturated carbocycles. The van der Waals surface area contributed by atoms with Gasteiger partial charge in [-0.1, -0.05) is 26.0 Å². The van der Waals surface area contributed by atoms with Gasteiger partial charge in [-0.15, -0.1) is 0 Å². The third kappa shape index (κ3) is 2.84. The lowest BCUT2D eigenvalue weighted by atomic mass is 10.1. The van der Waals surface area contributed by atoms with E-state index in [2.05, 4.69) is 15.3 Å². The first-order valence-electron chi connectivity index (χ1n) is 5.88. The Morgan fingerprint density at radius 2 is 2.18 bits per heavy atom. The molecule has 0 aliphatic rings. The third-order valence-electron chi connectivity index (χ3n) is 2.70. The van der Waals surface area contributed by atoms with E-state index in [9.17, 15) is 4.79 Å². The van der Waals surface area contributed by atoms with Crippen molar-refractivity contribution in [1.29, 1.82) is 0 Å². The minimum atomic E-state index is 0.104. The number of imidazole rings is 1. The Labute approximate surface area is 100 Å². The van der Waals surface area contributed by atoms with Crippen LogP contribution in [0.5, 0.6) is 0 Å². The van der Waals surface area contributed by atoms with E-state index in [4.69, 9.17) is 0 Å². The Bertz CT molecular complexity index is 483. The largest absolute Gasteiger partial charge is 0.355 e. The van der Waals surface area contributed by atoms with Gasteiger partial charge in [-0.3, -0.25) is 4.79 Å². The van der Waals surface area contributed by atoms with Gasteiger partial charge in [0.25, 0.3) is 0 Å². The van der Waals surface area contributed by atoms with E-state index in [-0.39, 0.29) is 11.7 Å². The summed E-state index contributed by atoms with van der Waals surface area (Å²) >= 11 is 0. The van der Waals surface area contributed by atoms with Crippen LogP contribution in [-0.4, -0.2) is 22.3 Å². The summed E-state index contributed by atoms with van der Waals surface area (Å²) in [5.41, 5.74) is 1.94. The molecule has 1 heterocycles. The summed E-state index contributed by atoms with van der Waals surface area (Å²) in [6.07, 6.45) is 0.536. The normalized spacial score (nSPS) is 11.0. The molecule has 0 fully saturated rings. The molecule has 0 bridgehead atoms. The summed E-state index contributed by atoms with van der Waals surface area (Å²) in [7, 11) is 0. The number of nitrogens with zero attached hydrogens (tertiary/aromatic N) is 1. The zero-order chi connectivity index (χ0) is 12.3. The van der Waals surface area contributed by atoms with Crippen molar-refractivity contribution in [1.82, 2.24) is 9.97 Å². The smallest absolute Gasteiger partial charge is 0.201 e. The second kappa shape index (κ2) is 4.99. The van der Waals surface area contributed by atoms with Gasteiger partial charge >= 0.3 is 0 Å². The molecule has 2 aromatic rings. The molecule has 0 amide bonds. The van der Waals surface area contributed by atoms with Gasteiger partial charge in [-0.05, 0) is 12.1 Å². The Hall–Kier alpha value is -1.84. The number of anilines is 1. The van der Waals surface area contributed by atoms with Crippen molar-refractivity contribution >= 4 is 22.8 Å². The molecule has 0 atom stereocenters. The fraction of sp³-hybridized carbons (Fsp3) is 0.385. The molecule has 17 heavy (non-hydrogen) atoms. The predicted molar refractivity (Wildman–Crippen MR) is 69.0 cm³/mol. The van der Waals surface area contributed by atoms with Crippen molar-refractivity contribution in [3.63, 3.8) is 0 Å². The van der Waals surface area contributed by atoms with Crippen molar-refractivity contribution in [2.24, 2.45) is 5.92 Å². The van der Waals surface area contributed by atoms with E-state index in [0.29, 0.717) is 13.0 Å². The average Bonchev–Trinajstić information content (AvgIpc) is 2.71. The molecule has 0 unspecified atom stereocenters. The van der Waals surface area contributed by atoms with Crippen LogP contribution in [0.2, 0.25) is 0 Å². The van der Waals surface area contributed by atoms with E-state index in [1.54, 1.807) is 0 Å². The minimum Gasteiger partial charge on any atom is -0.355 e. The SMILES string of the molecule is CC(C)C(=O)CCNc1nc2ccccc2[nH]1. The van der Waals surface area contributed by atoms with Gasteiger partial charge in [0, 0.05) is 18.9 Å². The molecule has 90 valence electrons. The van der Waals surface area contributed by atoms with Gasteiger partial charge in [-0.2, -0.15) is 0 Å². The summed E-state index contributed by atoms with van der Waals surface area (Å²) < 4.78 is 0. The quantitative estimate of drug-likeness (QED) is 0.831. The fourth-order valence-electron chi connectivity index (χ4n) is 1.63. The standard InChI is InChI=1S/C13H17N3O/c1-9(2)12(17)7-8-14-13-15-10-5-3-4-6-11(10)16-13/h3-6,9H,7-8H2,1-2H3,(H2,14,15,16). The monoisotopic (exact) mass is 231 g/mol. The highest BCUT2D eigenvalue weighted by Gasteiger charge is 2.07. The highest BCUT2D eigenvalue weighted by Crippen LogP contribution is 2.13. The Morgan fingerprint density at radius 1 is 1.41 bits per heavy atom. The Balaban J connectivity index is 1.93. The number of H-pyrrole nitrogens is 1. The zero-order valence-corrected chi connectivity index (χ0v) is 10.2. The Kier molecular flexibility index (Phi) is 3.42. The number of fused-ring (bicyclic) bond motifs is 1. The van der Waals surface area contributed by atoms with Crippen LogP contribution in [0.25, 0.3) is 11.0 Å². The first-order valence-corrected chi connectivity index (χ1v) is 5.88. The van der Waals surface area contributed by atoms with Crippen LogP contribution in [0.3, 0.4) is 0 Å². The van der Waals surface area contributed by atoms with Crippen molar-refractivity contribution in [3.05, 3.63) is 24.3 Å². The van der Waals surface area contributed by atoms with Crippen LogP contribution in [0.4, 0.5) is 5.95 Å². The van der Waals surface area contributed by atoms with Crippen LogP contribution in [0, 0.1) is 5.92 Å². The van der Waals surface area contributed by atoms with E-state index in [0.717, 1.165) is 17.0 Å². The minimum absolute atomic E-state index is 0.104. The molecule has 0 aliphatic carbocycles. The number of carbonyl (C=O) groups is 1. The number of nitrogens with one attached hydrogen (secondary N) is 2. The van der Waals surface area contributed by atoms with Gasteiger partial charge in [0.2, 0.25) is 5.95 Å². The second-order valence-corrected chi connectivity index (χ2v) is 4.40. The van der Waals surface area contributed by atoms with Crippen molar-refractivity contribution < 1.29 is 4.79 Å². The number of ketones is 1. The topological polar surface area (TPSA) is 57.8 Å². The number of hydrogen-bond donors (Lipinski definition) is 2. The van der Waals surface area contributed by atoms with Gasteiger partial charge < -0.3 is 10.3 Å². The maximum atomic E-state index is 11.4. The first kappa shape index (κ1) is 11.6. The molecule has 2 rings (SSSR count). The van der Waals surface area contributed by atoms with Crippen LogP contribution < -0.4 is 5.32 Å². The number of benzene rings is 1. The number of para-hydroxylation sites is 2. The summed E-state index contributed by atoms with van der Waals surface area (Å²) in [6, 6.07) is 7.85. The van der Waals surface area contributed by atoms with E-state index in [1.165, 1.54) is 0 Å². The molecule has 4 heteroatoms. The highest BCUT2D eigenvalue weighted by atomic mass is 16.1. The van der Waals surface area contributed by atoms with Crippen LogP contribution >= 0.6 is 0 Å². The first-order chi connectivity index (χ1) is 8.16. The van der Waals surface area contributed by atoms with E-state index < -0.39 is 0 Å². The van der Waals surface area contributed by atoms with Gasteiger partial charge in [0.15, 0.2) is 0 Å². The van der Waals surface area contributed by atoms with Gasteiger partial charge in [-0.25, -0.2) is 4.98 Å². The van der Waals surface area contributed by atoms with E-state index in [1.807, 2.05) is 38.1 Å². The molecule has 1 aromatic carbocycles. The fourth-order valence-corrected chi connectivity index (χ4v) is 1.63. The maximum absolute atomic E-state index is 11.4. The van der Waals surface area contributed by atoms with Crippen LogP contribution in [0.1, 0.15) is 20.3 Å². The lowest BCUT2D eigenvalue weighted by molar-refractivity contribution is -0.121. The molecule has 2 N–H and O–H groups in total. The summed E-state index contributed by atoms with van der Waals surface area (Å²) in [5, 5.41) is 3.13. The lowest BCUT2D eigenvalue weighted by Gasteiger charge is -2.04. The maximum Gasteiger partial charge on any atom is 0.201 e. The van der Waals surface area contributed by atoms with Crippen LogP contribution in [-0.2, 0) is 4.79 Å². The summed E-state index contributed by atoms with van der Waals surface area (Å²) in [6.45, 7) is 4.46. The van der Waals surface area contributed by atoms with Gasteiger partial charge in [0.05, 0.1) is 11.0 Å². The number of hydrogen-bond acceptors (Lipinski definition) is 3.